The number of anilines is 1. The summed E-state index contributed by atoms with van der Waals surface area (Å²) < 4.78 is 18.1. The van der Waals surface area contributed by atoms with Crippen LogP contribution in [-0.4, -0.2) is 5.16 Å². The molecule has 0 atom stereocenters. The maximum atomic E-state index is 13.1. The Morgan fingerprint density at radius 2 is 2.12 bits per heavy atom. The molecule has 3 nitrogen and oxygen atoms in total. The Kier molecular flexibility index (Phi) is 3.07. The van der Waals surface area contributed by atoms with Gasteiger partial charge >= 0.3 is 0 Å². The number of hydrogen-bond donors (Lipinski definition) is 1. The van der Waals surface area contributed by atoms with Crippen molar-refractivity contribution >= 4 is 17.5 Å². The van der Waals surface area contributed by atoms with E-state index in [4.69, 9.17) is 21.9 Å². The summed E-state index contributed by atoms with van der Waals surface area (Å²) >= 11 is 5.74. The fourth-order valence-electron chi connectivity index (χ4n) is 1.72. The topological polar surface area (TPSA) is 52.0 Å². The van der Waals surface area contributed by atoms with Gasteiger partial charge in [-0.2, -0.15) is 0 Å². The first kappa shape index (κ1) is 11.9. The second kappa shape index (κ2) is 4.37. The van der Waals surface area contributed by atoms with Crippen LogP contribution in [0.3, 0.4) is 0 Å². The summed E-state index contributed by atoms with van der Waals surface area (Å²) in [5.74, 6) is -0.00601. The molecule has 0 aliphatic carbocycles. The Balaban J connectivity index is 2.56. The van der Waals surface area contributed by atoms with Crippen LogP contribution >= 0.6 is 11.6 Å². The molecule has 0 saturated heterocycles. The Hall–Kier alpha value is -1.55. The van der Waals surface area contributed by atoms with Crippen LogP contribution in [0.5, 0.6) is 0 Å². The molecule has 0 radical (unpaired) electrons. The van der Waals surface area contributed by atoms with Crippen molar-refractivity contribution in [3.8, 4) is 11.3 Å². The predicted molar refractivity (Wildman–Crippen MR) is 65.4 cm³/mol. The lowest BCUT2D eigenvalue weighted by Crippen LogP contribution is -1.94. The lowest BCUT2D eigenvalue weighted by atomic mass is 9.99. The van der Waals surface area contributed by atoms with E-state index < -0.39 is 5.82 Å². The lowest BCUT2D eigenvalue weighted by Gasteiger charge is -2.05. The van der Waals surface area contributed by atoms with Crippen LogP contribution in [0.1, 0.15) is 25.3 Å². The van der Waals surface area contributed by atoms with Crippen molar-refractivity contribution in [3.05, 3.63) is 34.6 Å². The monoisotopic (exact) mass is 254 g/mol. The van der Waals surface area contributed by atoms with Crippen molar-refractivity contribution in [2.45, 2.75) is 19.8 Å². The Labute approximate surface area is 103 Å². The van der Waals surface area contributed by atoms with E-state index in [-0.39, 0.29) is 16.8 Å². The molecule has 0 fully saturated rings. The van der Waals surface area contributed by atoms with Crippen LogP contribution < -0.4 is 5.73 Å². The van der Waals surface area contributed by atoms with E-state index in [9.17, 15) is 4.39 Å². The second-order valence-electron chi connectivity index (χ2n) is 4.09. The lowest BCUT2D eigenvalue weighted by molar-refractivity contribution is 0.438. The minimum absolute atomic E-state index is 0.0544. The number of nitrogens with two attached hydrogens (primary N) is 1. The van der Waals surface area contributed by atoms with Gasteiger partial charge in [0, 0.05) is 11.1 Å². The zero-order valence-corrected chi connectivity index (χ0v) is 10.3. The summed E-state index contributed by atoms with van der Waals surface area (Å²) in [7, 11) is 0. The van der Waals surface area contributed by atoms with Gasteiger partial charge in [0.05, 0.1) is 5.02 Å². The Bertz CT molecular complexity index is 551. The summed E-state index contributed by atoms with van der Waals surface area (Å²) in [5, 5.41) is 3.95. The first-order valence-electron chi connectivity index (χ1n) is 5.21. The number of halogens is 2. The van der Waals surface area contributed by atoms with Gasteiger partial charge in [-0.05, 0) is 24.1 Å². The van der Waals surface area contributed by atoms with Crippen molar-refractivity contribution in [2.75, 3.05) is 5.73 Å². The maximum Gasteiger partial charge on any atom is 0.226 e. The second-order valence-corrected chi connectivity index (χ2v) is 4.50. The average molecular weight is 255 g/mol. The summed E-state index contributed by atoms with van der Waals surface area (Å²) in [6, 6.07) is 4.41. The van der Waals surface area contributed by atoms with Crippen molar-refractivity contribution in [2.24, 2.45) is 0 Å². The molecule has 0 aliphatic rings. The van der Waals surface area contributed by atoms with E-state index in [0.29, 0.717) is 11.3 Å². The molecule has 2 N–H and O–H groups in total. The highest BCUT2D eigenvalue weighted by Gasteiger charge is 2.18. The first-order valence-corrected chi connectivity index (χ1v) is 5.59. The van der Waals surface area contributed by atoms with Crippen molar-refractivity contribution in [1.29, 1.82) is 0 Å². The number of nitrogens with zero attached hydrogens (tertiary/aromatic N) is 1. The zero-order valence-electron chi connectivity index (χ0n) is 9.50. The van der Waals surface area contributed by atoms with Gasteiger partial charge in [0.2, 0.25) is 5.88 Å². The van der Waals surface area contributed by atoms with Gasteiger partial charge in [-0.3, -0.25) is 0 Å². The van der Waals surface area contributed by atoms with Gasteiger partial charge in [0.1, 0.15) is 11.5 Å². The largest absolute Gasteiger partial charge is 0.367 e. The molecule has 1 heterocycles. The SMILES string of the molecule is CC(C)c1c(-c2ccc(F)c(Cl)c2)noc1N. The van der Waals surface area contributed by atoms with Crippen LogP contribution in [0.25, 0.3) is 11.3 Å². The molecule has 0 unspecified atom stereocenters. The summed E-state index contributed by atoms with van der Waals surface area (Å²) in [4.78, 5) is 0. The quantitative estimate of drug-likeness (QED) is 0.886. The van der Waals surface area contributed by atoms with Crippen LogP contribution in [0.4, 0.5) is 10.3 Å². The highest BCUT2D eigenvalue weighted by Crippen LogP contribution is 2.34. The van der Waals surface area contributed by atoms with Crippen molar-refractivity contribution in [1.82, 2.24) is 5.16 Å². The number of benzene rings is 1. The molecule has 5 heteroatoms. The van der Waals surface area contributed by atoms with Crippen LogP contribution in [0.15, 0.2) is 22.7 Å². The Morgan fingerprint density at radius 3 is 2.71 bits per heavy atom. The molecule has 1 aromatic carbocycles. The van der Waals surface area contributed by atoms with E-state index >= 15 is 0 Å². The molecule has 17 heavy (non-hydrogen) atoms. The average Bonchev–Trinajstić information content (AvgIpc) is 2.64. The molecule has 2 rings (SSSR count). The number of aromatic nitrogens is 1. The summed E-state index contributed by atoms with van der Waals surface area (Å²) in [6.45, 7) is 3.97. The van der Waals surface area contributed by atoms with Gasteiger partial charge < -0.3 is 10.3 Å². The fourth-order valence-corrected chi connectivity index (χ4v) is 1.90. The van der Waals surface area contributed by atoms with Gasteiger partial charge in [0.25, 0.3) is 0 Å². The smallest absolute Gasteiger partial charge is 0.226 e. The number of nitrogen functional groups attached to an aromatic ring is 1. The van der Waals surface area contributed by atoms with E-state index in [1.807, 2.05) is 13.8 Å². The van der Waals surface area contributed by atoms with E-state index in [0.717, 1.165) is 5.56 Å². The third-order valence-corrected chi connectivity index (χ3v) is 2.82. The highest BCUT2D eigenvalue weighted by molar-refractivity contribution is 6.31. The van der Waals surface area contributed by atoms with Crippen LogP contribution in [0, 0.1) is 5.82 Å². The Morgan fingerprint density at radius 1 is 1.41 bits per heavy atom. The van der Waals surface area contributed by atoms with E-state index in [1.165, 1.54) is 12.1 Å². The minimum atomic E-state index is -0.460. The van der Waals surface area contributed by atoms with Gasteiger partial charge in [-0.15, -0.1) is 0 Å². The first-order chi connectivity index (χ1) is 8.00. The highest BCUT2D eigenvalue weighted by atomic mass is 35.5. The number of hydrogen-bond acceptors (Lipinski definition) is 3. The normalized spacial score (nSPS) is 11.1. The van der Waals surface area contributed by atoms with Gasteiger partial charge in [0.15, 0.2) is 0 Å². The van der Waals surface area contributed by atoms with E-state index in [1.54, 1.807) is 6.07 Å². The molecule has 0 bridgehead atoms. The van der Waals surface area contributed by atoms with Crippen molar-refractivity contribution in [3.63, 3.8) is 0 Å². The molecular formula is C12H12ClFN2O. The third kappa shape index (κ3) is 2.13. The van der Waals surface area contributed by atoms with E-state index in [2.05, 4.69) is 5.16 Å². The van der Waals surface area contributed by atoms with Crippen LogP contribution in [0.2, 0.25) is 5.02 Å². The molecule has 1 aromatic heterocycles. The molecule has 2 aromatic rings. The predicted octanol–water partition coefficient (Wildman–Crippen LogP) is 3.84. The minimum Gasteiger partial charge on any atom is -0.367 e. The summed E-state index contributed by atoms with van der Waals surface area (Å²) in [5.41, 5.74) is 7.83. The van der Waals surface area contributed by atoms with Crippen LogP contribution in [-0.2, 0) is 0 Å². The molecule has 0 aliphatic heterocycles. The van der Waals surface area contributed by atoms with Gasteiger partial charge in [-0.25, -0.2) is 4.39 Å². The maximum absolute atomic E-state index is 13.1. The fraction of sp³-hybridized carbons (Fsp3) is 0.250. The molecule has 0 spiro atoms. The summed E-state index contributed by atoms with van der Waals surface area (Å²) in [6.07, 6.45) is 0. The third-order valence-electron chi connectivity index (χ3n) is 2.53. The number of rotatable bonds is 2. The molecule has 0 saturated carbocycles. The zero-order chi connectivity index (χ0) is 12.6. The van der Waals surface area contributed by atoms with Gasteiger partial charge in [-0.1, -0.05) is 30.6 Å². The molecular weight excluding hydrogens is 243 g/mol. The van der Waals surface area contributed by atoms with Crippen molar-refractivity contribution < 1.29 is 8.91 Å². The molecule has 0 amide bonds. The standard InChI is InChI=1S/C12H12ClFN2O/c1-6(2)10-11(16-17-12(10)15)7-3-4-9(14)8(13)5-7/h3-6H,15H2,1-2H3. The molecule has 90 valence electrons.